The van der Waals surface area contributed by atoms with Crippen LogP contribution in [0.15, 0.2) is 5.38 Å². The number of thiazole rings is 1. The third kappa shape index (κ3) is 2.03. The monoisotopic (exact) mass is 280 g/mol. The van der Waals surface area contributed by atoms with E-state index in [2.05, 4.69) is 4.98 Å². The molecule has 19 heavy (non-hydrogen) atoms. The predicted molar refractivity (Wildman–Crippen MR) is 66.8 cm³/mol. The highest BCUT2D eigenvalue weighted by atomic mass is 32.1. The van der Waals surface area contributed by atoms with Crippen LogP contribution in [0.1, 0.15) is 25.0 Å². The molecule has 1 saturated heterocycles. The van der Waals surface area contributed by atoms with Crippen molar-refractivity contribution in [3.05, 3.63) is 11.1 Å². The first-order valence-electron chi connectivity index (χ1n) is 6.10. The van der Waals surface area contributed by atoms with E-state index in [1.165, 1.54) is 0 Å². The molecular formula is C12H12N2O4S. The topological polar surface area (TPSA) is 87.6 Å². The lowest BCUT2D eigenvalue weighted by atomic mass is 9.98. The van der Waals surface area contributed by atoms with Crippen LogP contribution in [0.4, 0.5) is 5.13 Å². The molecule has 0 radical (unpaired) electrons. The van der Waals surface area contributed by atoms with Crippen molar-refractivity contribution < 1.29 is 19.5 Å². The minimum Gasteiger partial charge on any atom is -0.481 e. The Morgan fingerprint density at radius 2 is 2.00 bits per heavy atom. The van der Waals surface area contributed by atoms with E-state index in [0.717, 1.165) is 29.1 Å². The van der Waals surface area contributed by atoms with Gasteiger partial charge in [-0.05, 0) is 19.3 Å². The largest absolute Gasteiger partial charge is 0.481 e. The summed E-state index contributed by atoms with van der Waals surface area (Å²) in [7, 11) is 0. The Hall–Kier alpha value is -1.76. The van der Waals surface area contributed by atoms with Gasteiger partial charge in [0.05, 0.1) is 12.1 Å². The fourth-order valence-corrected chi connectivity index (χ4v) is 3.56. The number of amides is 2. The Morgan fingerprint density at radius 3 is 2.58 bits per heavy atom. The Labute approximate surface area is 113 Å². The number of fused-ring (bicyclic) bond motifs is 2. The molecule has 100 valence electrons. The number of rotatable bonds is 3. The highest BCUT2D eigenvalue weighted by Crippen LogP contribution is 2.40. The molecule has 2 aliphatic rings. The van der Waals surface area contributed by atoms with E-state index in [1.807, 2.05) is 0 Å². The van der Waals surface area contributed by atoms with E-state index >= 15 is 0 Å². The average molecular weight is 280 g/mol. The average Bonchev–Trinajstić information content (AvgIpc) is 2.94. The van der Waals surface area contributed by atoms with E-state index < -0.39 is 5.97 Å². The number of anilines is 1. The molecule has 0 aromatic carbocycles. The fourth-order valence-electron chi connectivity index (χ4n) is 2.73. The van der Waals surface area contributed by atoms with Crippen LogP contribution in [0.3, 0.4) is 0 Å². The minimum absolute atomic E-state index is 0.0745. The van der Waals surface area contributed by atoms with Crippen LogP contribution in [0.25, 0.3) is 0 Å². The fraction of sp³-hybridized carbons (Fsp3) is 0.500. The van der Waals surface area contributed by atoms with Gasteiger partial charge in [0.1, 0.15) is 0 Å². The van der Waals surface area contributed by atoms with Gasteiger partial charge in [0.25, 0.3) is 0 Å². The van der Waals surface area contributed by atoms with Crippen molar-refractivity contribution in [2.75, 3.05) is 4.90 Å². The lowest BCUT2D eigenvalue weighted by Gasteiger charge is -2.27. The van der Waals surface area contributed by atoms with Crippen molar-refractivity contribution >= 4 is 34.3 Å². The summed E-state index contributed by atoms with van der Waals surface area (Å²) in [5.74, 6) is -1.50. The number of carboxylic acid groups (broad SMARTS) is 1. The molecule has 0 spiro atoms. The zero-order chi connectivity index (χ0) is 13.6. The molecule has 2 bridgehead atoms. The number of aliphatic carboxylic acids is 1. The molecule has 2 heterocycles. The van der Waals surface area contributed by atoms with E-state index in [0.29, 0.717) is 17.2 Å². The van der Waals surface area contributed by atoms with Crippen LogP contribution in [0, 0.1) is 11.8 Å². The zero-order valence-electron chi connectivity index (χ0n) is 10.0. The van der Waals surface area contributed by atoms with Gasteiger partial charge in [0, 0.05) is 17.2 Å². The summed E-state index contributed by atoms with van der Waals surface area (Å²) < 4.78 is 0. The zero-order valence-corrected chi connectivity index (χ0v) is 10.9. The first-order chi connectivity index (χ1) is 9.06. The van der Waals surface area contributed by atoms with Crippen LogP contribution in [0.2, 0.25) is 0 Å². The number of hydrogen-bond acceptors (Lipinski definition) is 5. The number of hydrogen-bond donors (Lipinski definition) is 1. The minimum atomic E-state index is -0.979. The summed E-state index contributed by atoms with van der Waals surface area (Å²) in [6.07, 6.45) is 1.99. The number of carbonyl (C=O) groups excluding carboxylic acids is 2. The second-order valence-electron chi connectivity index (χ2n) is 4.91. The maximum atomic E-state index is 12.2. The van der Waals surface area contributed by atoms with Gasteiger partial charge in [0.2, 0.25) is 11.8 Å². The molecule has 1 aromatic rings. The quantitative estimate of drug-likeness (QED) is 0.836. The molecule has 1 saturated carbocycles. The molecule has 1 aliphatic heterocycles. The molecule has 1 N–H and O–H groups in total. The van der Waals surface area contributed by atoms with Gasteiger partial charge in [-0.2, -0.15) is 0 Å². The molecule has 1 aromatic heterocycles. The summed E-state index contributed by atoms with van der Waals surface area (Å²) >= 11 is 1.15. The maximum absolute atomic E-state index is 12.2. The normalized spacial score (nSPS) is 26.0. The van der Waals surface area contributed by atoms with Crippen LogP contribution in [-0.4, -0.2) is 27.9 Å². The lowest BCUT2D eigenvalue weighted by Crippen LogP contribution is -2.46. The van der Waals surface area contributed by atoms with Gasteiger partial charge in [-0.25, -0.2) is 9.88 Å². The smallest absolute Gasteiger partial charge is 0.309 e. The molecule has 2 atom stereocenters. The van der Waals surface area contributed by atoms with Gasteiger partial charge in [-0.15, -0.1) is 11.3 Å². The molecule has 2 amide bonds. The molecule has 2 unspecified atom stereocenters. The summed E-state index contributed by atoms with van der Waals surface area (Å²) in [6.45, 7) is 0. The molecule has 3 rings (SSSR count). The number of nitrogens with zero attached hydrogens (tertiary/aromatic N) is 2. The summed E-state index contributed by atoms with van der Waals surface area (Å²) in [5, 5.41) is 10.6. The molecule has 6 nitrogen and oxygen atoms in total. The number of carboxylic acids is 1. The first kappa shape index (κ1) is 12.3. The third-order valence-electron chi connectivity index (χ3n) is 3.64. The van der Waals surface area contributed by atoms with Gasteiger partial charge >= 0.3 is 5.97 Å². The Morgan fingerprint density at radius 1 is 1.37 bits per heavy atom. The van der Waals surface area contributed by atoms with Crippen LogP contribution in [0.5, 0.6) is 0 Å². The van der Waals surface area contributed by atoms with Crippen molar-refractivity contribution in [3.8, 4) is 0 Å². The predicted octanol–water partition coefficient (Wildman–Crippen LogP) is 1.06. The van der Waals surface area contributed by atoms with Crippen molar-refractivity contribution in [2.24, 2.45) is 11.8 Å². The van der Waals surface area contributed by atoms with Crippen molar-refractivity contribution in [3.63, 3.8) is 0 Å². The summed E-state index contributed by atoms with van der Waals surface area (Å²) in [5.41, 5.74) is 0.381. The SMILES string of the molecule is O=C(O)Cc1csc(N2C(=O)C3CCC(C3)C2=O)n1. The van der Waals surface area contributed by atoms with Gasteiger partial charge in [-0.1, -0.05) is 0 Å². The highest BCUT2D eigenvalue weighted by Gasteiger charge is 2.46. The van der Waals surface area contributed by atoms with E-state index in [-0.39, 0.29) is 30.1 Å². The lowest BCUT2D eigenvalue weighted by molar-refractivity contribution is -0.136. The molecule has 1 aliphatic carbocycles. The Bertz CT molecular complexity index is 546. The van der Waals surface area contributed by atoms with Gasteiger partial charge in [-0.3, -0.25) is 14.4 Å². The van der Waals surface area contributed by atoms with Crippen molar-refractivity contribution in [2.45, 2.75) is 25.7 Å². The number of imide groups is 1. The summed E-state index contributed by atoms with van der Waals surface area (Å²) in [6, 6.07) is 0. The van der Waals surface area contributed by atoms with E-state index in [4.69, 9.17) is 5.11 Å². The Kier molecular flexibility index (Phi) is 2.85. The van der Waals surface area contributed by atoms with Crippen molar-refractivity contribution in [1.29, 1.82) is 0 Å². The second-order valence-corrected chi connectivity index (χ2v) is 5.75. The molecular weight excluding hydrogens is 268 g/mol. The van der Waals surface area contributed by atoms with Gasteiger partial charge in [0.15, 0.2) is 5.13 Å². The van der Waals surface area contributed by atoms with Gasteiger partial charge < -0.3 is 5.11 Å². The molecule has 2 fully saturated rings. The maximum Gasteiger partial charge on any atom is 0.309 e. The van der Waals surface area contributed by atoms with Crippen molar-refractivity contribution in [1.82, 2.24) is 4.98 Å². The van der Waals surface area contributed by atoms with E-state index in [1.54, 1.807) is 5.38 Å². The van der Waals surface area contributed by atoms with Crippen LogP contribution < -0.4 is 4.90 Å². The standard InChI is InChI=1S/C12H12N2O4S/c15-9(16)4-8-5-19-12(13-8)14-10(17)6-1-2-7(3-6)11(14)18/h5-7H,1-4H2,(H,15,16). The summed E-state index contributed by atoms with van der Waals surface area (Å²) in [4.78, 5) is 40.2. The third-order valence-corrected chi connectivity index (χ3v) is 4.51. The number of carbonyl (C=O) groups is 3. The number of aromatic nitrogens is 1. The number of piperidine rings is 1. The highest BCUT2D eigenvalue weighted by molar-refractivity contribution is 7.14. The molecule has 7 heteroatoms. The first-order valence-corrected chi connectivity index (χ1v) is 6.98. The van der Waals surface area contributed by atoms with E-state index in [9.17, 15) is 14.4 Å². The second kappa shape index (κ2) is 4.41. The van der Waals surface area contributed by atoms with Crippen LogP contribution in [-0.2, 0) is 20.8 Å². The Balaban J connectivity index is 1.88. The van der Waals surface area contributed by atoms with Crippen LogP contribution >= 0.6 is 11.3 Å².